The highest BCUT2D eigenvalue weighted by Crippen LogP contribution is 2.24. The lowest BCUT2D eigenvalue weighted by molar-refractivity contribution is -0.125. The summed E-state index contributed by atoms with van der Waals surface area (Å²) in [6, 6.07) is 5.62. The normalized spacial score (nSPS) is 25.8. The molecule has 0 saturated heterocycles. The Morgan fingerprint density at radius 2 is 1.90 bits per heavy atom. The molecule has 1 fully saturated rings. The van der Waals surface area contributed by atoms with Crippen LogP contribution in [0.15, 0.2) is 29.2 Å². The lowest BCUT2D eigenvalue weighted by atomic mass is 10.1. The maximum Gasteiger partial charge on any atom is 0.238 e. The van der Waals surface area contributed by atoms with Crippen molar-refractivity contribution < 1.29 is 18.3 Å². The Labute approximate surface area is 123 Å². The number of amides is 1. The Kier molecular flexibility index (Phi) is 4.62. The topological polar surface area (TPSA) is 136 Å². The number of aliphatic hydroxyl groups excluding tert-OH is 1. The standard InChI is InChI=1S/C13H19N3O4S/c14-11-5-9(6-12(11)17)13(18)16-7-8-1-3-10(4-2-8)21(15,19)20/h1-4,9,11-12,17H,5-7,14H2,(H,16,18)(H2,15,19,20)/t9-,11-,12-/m0/s1. The summed E-state index contributed by atoms with van der Waals surface area (Å²) in [7, 11) is -3.71. The van der Waals surface area contributed by atoms with Crippen molar-refractivity contribution in [1.29, 1.82) is 0 Å². The number of nitrogens with two attached hydrogens (primary N) is 2. The van der Waals surface area contributed by atoms with E-state index in [9.17, 15) is 18.3 Å². The van der Waals surface area contributed by atoms with Crippen LogP contribution in [0.25, 0.3) is 0 Å². The van der Waals surface area contributed by atoms with Crippen molar-refractivity contribution >= 4 is 15.9 Å². The molecule has 0 aliphatic heterocycles. The number of benzene rings is 1. The predicted octanol–water partition coefficient (Wildman–Crippen LogP) is -0.952. The fourth-order valence-electron chi connectivity index (χ4n) is 2.39. The smallest absolute Gasteiger partial charge is 0.238 e. The molecule has 0 unspecified atom stereocenters. The highest BCUT2D eigenvalue weighted by Gasteiger charge is 2.34. The van der Waals surface area contributed by atoms with Crippen molar-refractivity contribution in [1.82, 2.24) is 5.32 Å². The van der Waals surface area contributed by atoms with Crippen molar-refractivity contribution in [3.8, 4) is 0 Å². The maximum absolute atomic E-state index is 11.9. The molecule has 8 heteroatoms. The molecule has 6 N–H and O–H groups in total. The Balaban J connectivity index is 1.90. The molecule has 21 heavy (non-hydrogen) atoms. The minimum Gasteiger partial charge on any atom is -0.391 e. The zero-order valence-electron chi connectivity index (χ0n) is 11.4. The minimum absolute atomic E-state index is 0.0301. The van der Waals surface area contributed by atoms with Crippen molar-refractivity contribution in [2.24, 2.45) is 16.8 Å². The molecule has 1 aliphatic rings. The third-order valence-electron chi connectivity index (χ3n) is 3.67. The van der Waals surface area contributed by atoms with Crippen LogP contribution in [-0.2, 0) is 21.4 Å². The van der Waals surface area contributed by atoms with Gasteiger partial charge in [0.25, 0.3) is 0 Å². The van der Waals surface area contributed by atoms with Crippen LogP contribution in [0.2, 0.25) is 0 Å². The number of nitrogens with one attached hydrogen (secondary N) is 1. The molecule has 0 aromatic heterocycles. The second kappa shape index (κ2) is 6.10. The molecule has 1 aromatic rings. The van der Waals surface area contributed by atoms with E-state index >= 15 is 0 Å². The van der Waals surface area contributed by atoms with Crippen molar-refractivity contribution in [3.05, 3.63) is 29.8 Å². The summed E-state index contributed by atoms with van der Waals surface area (Å²) >= 11 is 0. The van der Waals surface area contributed by atoms with E-state index in [0.717, 1.165) is 5.56 Å². The molecular formula is C13H19N3O4S. The van der Waals surface area contributed by atoms with Gasteiger partial charge in [0.1, 0.15) is 0 Å². The van der Waals surface area contributed by atoms with E-state index < -0.39 is 16.1 Å². The third kappa shape index (κ3) is 4.01. The Morgan fingerprint density at radius 1 is 1.29 bits per heavy atom. The maximum atomic E-state index is 11.9. The van der Waals surface area contributed by atoms with Crippen molar-refractivity contribution in [3.63, 3.8) is 0 Å². The summed E-state index contributed by atoms with van der Waals surface area (Å²) in [6.45, 7) is 0.283. The van der Waals surface area contributed by atoms with E-state index in [-0.39, 0.29) is 29.3 Å². The summed E-state index contributed by atoms with van der Waals surface area (Å²) in [5.74, 6) is -0.434. The molecule has 1 amide bonds. The summed E-state index contributed by atoms with van der Waals surface area (Å²) in [5, 5.41) is 17.3. The third-order valence-corrected chi connectivity index (χ3v) is 4.60. The van der Waals surface area contributed by atoms with Gasteiger partial charge in [0.2, 0.25) is 15.9 Å². The number of carbonyl (C=O) groups excluding carboxylic acids is 1. The van der Waals surface area contributed by atoms with Gasteiger partial charge in [-0.2, -0.15) is 0 Å². The zero-order chi connectivity index (χ0) is 15.6. The molecule has 0 spiro atoms. The number of hydrogen-bond donors (Lipinski definition) is 4. The number of carbonyl (C=O) groups is 1. The number of aliphatic hydroxyl groups is 1. The lowest BCUT2D eigenvalue weighted by Crippen LogP contribution is -2.30. The van der Waals surface area contributed by atoms with Gasteiger partial charge in [-0.05, 0) is 30.5 Å². The van der Waals surface area contributed by atoms with E-state index in [1.54, 1.807) is 12.1 Å². The molecule has 0 heterocycles. The van der Waals surface area contributed by atoms with E-state index in [2.05, 4.69) is 5.32 Å². The number of rotatable bonds is 4. The quantitative estimate of drug-likeness (QED) is 0.568. The summed E-state index contributed by atoms with van der Waals surface area (Å²) in [6.07, 6.45) is 0.212. The van der Waals surface area contributed by atoms with Gasteiger partial charge in [0.15, 0.2) is 0 Å². The fraction of sp³-hybridized carbons (Fsp3) is 0.462. The molecule has 0 bridgehead atoms. The van der Waals surface area contributed by atoms with Crippen LogP contribution >= 0.6 is 0 Å². The highest BCUT2D eigenvalue weighted by molar-refractivity contribution is 7.89. The molecule has 7 nitrogen and oxygen atoms in total. The van der Waals surface area contributed by atoms with Crippen LogP contribution < -0.4 is 16.2 Å². The Morgan fingerprint density at radius 3 is 2.38 bits per heavy atom. The average Bonchev–Trinajstić information content (AvgIpc) is 2.75. The molecule has 1 aromatic carbocycles. The summed E-state index contributed by atoms with van der Waals surface area (Å²) in [4.78, 5) is 12.0. The van der Waals surface area contributed by atoms with E-state index in [0.29, 0.717) is 12.8 Å². The summed E-state index contributed by atoms with van der Waals surface area (Å²) in [5.41, 5.74) is 6.43. The van der Waals surface area contributed by atoms with E-state index in [1.807, 2.05) is 0 Å². The molecule has 3 atom stereocenters. The Bertz CT molecular complexity index is 605. The van der Waals surface area contributed by atoms with Gasteiger partial charge < -0.3 is 16.2 Å². The molecule has 1 aliphatic carbocycles. The lowest BCUT2D eigenvalue weighted by Gasteiger charge is -2.10. The molecule has 116 valence electrons. The van der Waals surface area contributed by atoms with Crippen LogP contribution in [0, 0.1) is 5.92 Å². The highest BCUT2D eigenvalue weighted by atomic mass is 32.2. The van der Waals surface area contributed by atoms with Crippen LogP contribution in [0.4, 0.5) is 0 Å². The second-order valence-corrected chi connectivity index (χ2v) is 6.87. The van der Waals surface area contributed by atoms with Crippen LogP contribution in [0.1, 0.15) is 18.4 Å². The minimum atomic E-state index is -3.71. The van der Waals surface area contributed by atoms with Crippen LogP contribution in [-0.4, -0.2) is 31.6 Å². The van der Waals surface area contributed by atoms with Gasteiger partial charge in [0, 0.05) is 18.5 Å². The van der Waals surface area contributed by atoms with Gasteiger partial charge >= 0.3 is 0 Å². The van der Waals surface area contributed by atoms with Crippen molar-refractivity contribution in [2.45, 2.75) is 36.4 Å². The molecule has 2 rings (SSSR count). The van der Waals surface area contributed by atoms with E-state index in [4.69, 9.17) is 10.9 Å². The second-order valence-electron chi connectivity index (χ2n) is 5.31. The fourth-order valence-corrected chi connectivity index (χ4v) is 2.91. The number of sulfonamides is 1. The predicted molar refractivity (Wildman–Crippen MR) is 76.4 cm³/mol. The first-order chi connectivity index (χ1) is 9.77. The molecule has 0 radical (unpaired) electrons. The number of primary sulfonamides is 1. The SMILES string of the molecule is N[C@H]1C[C@H](C(=O)NCc2ccc(S(N)(=O)=O)cc2)C[C@@H]1O. The van der Waals surface area contributed by atoms with Gasteiger partial charge in [-0.1, -0.05) is 12.1 Å². The van der Waals surface area contributed by atoms with Crippen LogP contribution in [0.3, 0.4) is 0 Å². The average molecular weight is 313 g/mol. The largest absolute Gasteiger partial charge is 0.391 e. The monoisotopic (exact) mass is 313 g/mol. The van der Waals surface area contributed by atoms with Gasteiger partial charge in [0.05, 0.1) is 11.0 Å². The first-order valence-corrected chi connectivity index (χ1v) is 8.15. The Hall–Kier alpha value is -1.48. The zero-order valence-corrected chi connectivity index (χ0v) is 12.2. The first kappa shape index (κ1) is 15.9. The van der Waals surface area contributed by atoms with Crippen molar-refractivity contribution in [2.75, 3.05) is 0 Å². The first-order valence-electron chi connectivity index (χ1n) is 6.60. The van der Waals surface area contributed by atoms with Gasteiger partial charge in [-0.25, -0.2) is 13.6 Å². The summed E-state index contributed by atoms with van der Waals surface area (Å²) < 4.78 is 22.2. The van der Waals surface area contributed by atoms with Gasteiger partial charge in [-0.15, -0.1) is 0 Å². The number of hydrogen-bond acceptors (Lipinski definition) is 5. The van der Waals surface area contributed by atoms with Gasteiger partial charge in [-0.3, -0.25) is 4.79 Å². The molecule has 1 saturated carbocycles. The molecular weight excluding hydrogens is 294 g/mol. The van der Waals surface area contributed by atoms with Crippen LogP contribution in [0.5, 0.6) is 0 Å². The van der Waals surface area contributed by atoms with E-state index in [1.165, 1.54) is 12.1 Å².